The number of hydrogen-bond acceptors (Lipinski definition) is 8. The summed E-state index contributed by atoms with van der Waals surface area (Å²) in [6, 6.07) is 4.26. The predicted octanol–water partition coefficient (Wildman–Crippen LogP) is 4.09. The molecule has 0 radical (unpaired) electrons. The zero-order valence-corrected chi connectivity index (χ0v) is 19.3. The second kappa shape index (κ2) is 9.94. The largest absolute Gasteiger partial charge is 0.483 e. The van der Waals surface area contributed by atoms with Gasteiger partial charge in [-0.3, -0.25) is 0 Å². The van der Waals surface area contributed by atoms with Gasteiger partial charge in [0.2, 0.25) is 0 Å². The van der Waals surface area contributed by atoms with Crippen LogP contribution in [0.1, 0.15) is 62.6 Å². The topological polar surface area (TPSA) is 129 Å². The fraction of sp³-hybridized carbons (Fsp3) is 0.360. The number of carbonyl (C=O) groups is 3. The molecular formula is C25H26O9. The van der Waals surface area contributed by atoms with Gasteiger partial charge in [-0.2, -0.15) is 0 Å². The Morgan fingerprint density at radius 2 is 1.68 bits per heavy atom. The van der Waals surface area contributed by atoms with Gasteiger partial charge in [0.05, 0.1) is 5.56 Å². The van der Waals surface area contributed by atoms with Gasteiger partial charge in [-0.1, -0.05) is 26.0 Å². The summed E-state index contributed by atoms with van der Waals surface area (Å²) in [6.45, 7) is 7.06. The van der Waals surface area contributed by atoms with Gasteiger partial charge in [0.25, 0.3) is 0 Å². The zero-order valence-electron chi connectivity index (χ0n) is 19.3. The summed E-state index contributed by atoms with van der Waals surface area (Å²) in [5.41, 5.74) is -2.60. The van der Waals surface area contributed by atoms with E-state index in [-0.39, 0.29) is 22.3 Å². The van der Waals surface area contributed by atoms with Crippen LogP contribution in [0.4, 0.5) is 0 Å². The van der Waals surface area contributed by atoms with Crippen LogP contribution in [0.2, 0.25) is 0 Å². The summed E-state index contributed by atoms with van der Waals surface area (Å²) in [4.78, 5) is 48.7. The van der Waals surface area contributed by atoms with E-state index in [0.29, 0.717) is 12.8 Å². The van der Waals surface area contributed by atoms with E-state index in [0.717, 1.165) is 0 Å². The number of ether oxygens (including phenoxy) is 3. The third kappa shape index (κ3) is 5.03. The molecule has 2 aromatic rings. The lowest BCUT2D eigenvalue weighted by Crippen LogP contribution is -2.52. The van der Waals surface area contributed by atoms with Crippen molar-refractivity contribution in [1.82, 2.24) is 0 Å². The van der Waals surface area contributed by atoms with Crippen molar-refractivity contribution in [2.24, 2.45) is 0 Å². The van der Waals surface area contributed by atoms with Gasteiger partial charge < -0.3 is 23.7 Å². The van der Waals surface area contributed by atoms with Gasteiger partial charge in [0.1, 0.15) is 22.5 Å². The molecule has 0 saturated carbocycles. The Hall–Kier alpha value is -3.88. The van der Waals surface area contributed by atoms with E-state index in [1.165, 1.54) is 24.3 Å². The second-order valence-corrected chi connectivity index (χ2v) is 8.19. The predicted molar refractivity (Wildman–Crippen MR) is 122 cm³/mol. The van der Waals surface area contributed by atoms with E-state index < -0.39 is 46.9 Å². The fourth-order valence-electron chi connectivity index (χ4n) is 3.63. The molecule has 0 saturated heterocycles. The molecule has 1 aliphatic heterocycles. The molecule has 3 rings (SSSR count). The smallest absolute Gasteiger partial charge is 0.351 e. The van der Waals surface area contributed by atoms with Crippen LogP contribution in [0.15, 0.2) is 51.7 Å². The first-order chi connectivity index (χ1) is 16.1. The minimum Gasteiger partial charge on any atom is -0.483 e. The molecule has 0 aliphatic carbocycles. The molecule has 9 heteroatoms. The Kier molecular flexibility index (Phi) is 7.24. The maximum absolute atomic E-state index is 12.6. The Balaban J connectivity index is 2.22. The van der Waals surface area contributed by atoms with Crippen molar-refractivity contribution in [3.8, 4) is 5.75 Å². The number of benzene rings is 1. The fourth-order valence-corrected chi connectivity index (χ4v) is 3.63. The van der Waals surface area contributed by atoms with E-state index in [1.54, 1.807) is 32.1 Å². The highest BCUT2D eigenvalue weighted by atomic mass is 16.6. The van der Waals surface area contributed by atoms with Crippen LogP contribution in [0, 0.1) is 0 Å². The number of esters is 2. The summed E-state index contributed by atoms with van der Waals surface area (Å²) in [6.07, 6.45) is 4.66. The standard InChI is InChI=1S/C25H26O9/c1-5-7-9-17(26)31-21-19-16(34-25(3,4)22(21)32-18(27)10-8-6-2)12-11-14-13-15(23(28)29)24(30)33-20(14)19/h7-13,21-22H,5-6H2,1-4H3,(H,28,29)/b9-7+,10-8+/t21-,22-/m1/s1. The van der Waals surface area contributed by atoms with E-state index in [9.17, 15) is 24.3 Å². The summed E-state index contributed by atoms with van der Waals surface area (Å²) in [7, 11) is 0. The van der Waals surface area contributed by atoms with Gasteiger partial charge in [0, 0.05) is 17.5 Å². The number of aromatic carboxylic acids is 1. The van der Waals surface area contributed by atoms with Crippen molar-refractivity contribution in [2.45, 2.75) is 58.3 Å². The molecule has 9 nitrogen and oxygen atoms in total. The maximum atomic E-state index is 12.6. The SMILES string of the molecule is CC/C=C/C(=O)O[C@@H]1c2c(ccc3cc(C(=O)O)c(=O)oc23)OC(C)(C)[C@@H]1OC(=O)/C=C/CC. The number of hydrogen-bond donors (Lipinski definition) is 1. The quantitative estimate of drug-likeness (QED) is 0.361. The number of rotatable bonds is 7. The lowest BCUT2D eigenvalue weighted by molar-refractivity contribution is -0.184. The van der Waals surface area contributed by atoms with Crippen molar-refractivity contribution in [1.29, 1.82) is 0 Å². The molecule has 1 aliphatic rings. The van der Waals surface area contributed by atoms with E-state index in [1.807, 2.05) is 13.8 Å². The molecule has 34 heavy (non-hydrogen) atoms. The molecule has 1 aromatic heterocycles. The third-order valence-corrected chi connectivity index (χ3v) is 5.21. The summed E-state index contributed by atoms with van der Waals surface area (Å²) in [5, 5.41) is 9.55. The highest BCUT2D eigenvalue weighted by Crippen LogP contribution is 2.46. The first kappa shape index (κ1) is 24.8. The summed E-state index contributed by atoms with van der Waals surface area (Å²) >= 11 is 0. The van der Waals surface area contributed by atoms with Crippen LogP contribution >= 0.6 is 0 Å². The molecule has 0 spiro atoms. The van der Waals surface area contributed by atoms with Crippen molar-refractivity contribution >= 4 is 28.9 Å². The van der Waals surface area contributed by atoms with Crippen molar-refractivity contribution in [3.05, 3.63) is 64.1 Å². The highest BCUT2D eigenvalue weighted by Gasteiger charge is 2.50. The van der Waals surface area contributed by atoms with Gasteiger partial charge in [-0.25, -0.2) is 19.2 Å². The van der Waals surface area contributed by atoms with Crippen LogP contribution in [0.25, 0.3) is 11.0 Å². The number of carboxylic acids is 1. The van der Waals surface area contributed by atoms with Crippen molar-refractivity contribution in [2.75, 3.05) is 0 Å². The first-order valence-corrected chi connectivity index (χ1v) is 10.9. The monoisotopic (exact) mass is 470 g/mol. The van der Waals surface area contributed by atoms with Crippen LogP contribution < -0.4 is 10.4 Å². The number of carbonyl (C=O) groups excluding carboxylic acids is 2. The van der Waals surface area contributed by atoms with Crippen LogP contribution in [-0.4, -0.2) is 34.7 Å². The molecule has 2 heterocycles. The Labute approximate surface area is 195 Å². The Morgan fingerprint density at radius 1 is 1.06 bits per heavy atom. The summed E-state index contributed by atoms with van der Waals surface area (Å²) < 4.78 is 22.8. The van der Waals surface area contributed by atoms with Crippen LogP contribution in [-0.2, 0) is 19.1 Å². The molecule has 180 valence electrons. The average Bonchev–Trinajstić information content (AvgIpc) is 2.77. The normalized spacial score (nSPS) is 19.1. The van der Waals surface area contributed by atoms with Crippen LogP contribution in [0.5, 0.6) is 5.75 Å². The maximum Gasteiger partial charge on any atom is 0.351 e. The number of carboxylic acid groups (broad SMARTS) is 1. The lowest BCUT2D eigenvalue weighted by atomic mass is 9.87. The molecular weight excluding hydrogens is 444 g/mol. The molecule has 0 unspecified atom stereocenters. The minimum atomic E-state index is -1.44. The summed E-state index contributed by atoms with van der Waals surface area (Å²) in [5.74, 6) is -2.54. The lowest BCUT2D eigenvalue weighted by Gasteiger charge is -2.43. The average molecular weight is 470 g/mol. The third-order valence-electron chi connectivity index (χ3n) is 5.21. The number of allylic oxidation sites excluding steroid dienone is 2. The molecule has 1 N–H and O–H groups in total. The second-order valence-electron chi connectivity index (χ2n) is 8.19. The minimum absolute atomic E-state index is 0.0228. The first-order valence-electron chi connectivity index (χ1n) is 10.9. The Morgan fingerprint density at radius 3 is 2.26 bits per heavy atom. The molecule has 0 amide bonds. The molecule has 0 bridgehead atoms. The highest BCUT2D eigenvalue weighted by molar-refractivity contribution is 5.93. The Bertz CT molecular complexity index is 1230. The molecule has 1 aromatic carbocycles. The molecule has 0 fully saturated rings. The van der Waals surface area contributed by atoms with Gasteiger partial charge in [-0.05, 0) is 44.9 Å². The zero-order chi connectivity index (χ0) is 25.0. The van der Waals surface area contributed by atoms with Gasteiger partial charge in [0.15, 0.2) is 12.2 Å². The van der Waals surface area contributed by atoms with Crippen LogP contribution in [0.3, 0.4) is 0 Å². The number of fused-ring (bicyclic) bond motifs is 3. The van der Waals surface area contributed by atoms with E-state index in [4.69, 9.17) is 18.6 Å². The van der Waals surface area contributed by atoms with Crippen molar-refractivity contribution < 1.29 is 38.1 Å². The van der Waals surface area contributed by atoms with E-state index in [2.05, 4.69) is 0 Å². The van der Waals surface area contributed by atoms with Gasteiger partial charge in [-0.15, -0.1) is 0 Å². The molecule has 2 atom stereocenters. The van der Waals surface area contributed by atoms with E-state index >= 15 is 0 Å². The van der Waals surface area contributed by atoms with Gasteiger partial charge >= 0.3 is 23.5 Å². The van der Waals surface area contributed by atoms with Crippen molar-refractivity contribution in [3.63, 3.8) is 0 Å².